The second-order valence-electron chi connectivity index (χ2n) is 4.65. The number of hydrogen-bond acceptors (Lipinski definition) is 3. The summed E-state index contributed by atoms with van der Waals surface area (Å²) in [6, 6.07) is 5.83. The summed E-state index contributed by atoms with van der Waals surface area (Å²) < 4.78 is 6.61. The summed E-state index contributed by atoms with van der Waals surface area (Å²) in [6.07, 6.45) is 0. The van der Waals surface area contributed by atoms with Crippen molar-refractivity contribution in [1.29, 1.82) is 0 Å². The van der Waals surface area contributed by atoms with Crippen LogP contribution >= 0.6 is 12.6 Å². The fourth-order valence-electron chi connectivity index (χ4n) is 1.64. The van der Waals surface area contributed by atoms with Gasteiger partial charge in [0.1, 0.15) is 0 Å². The van der Waals surface area contributed by atoms with Crippen molar-refractivity contribution in [2.24, 2.45) is 7.05 Å². The predicted molar refractivity (Wildman–Crippen MR) is 68.3 cm³/mol. The SMILES string of the molecule is Cn1c(=O)oc2ccc(C(C)(C)CS)cc21. The Morgan fingerprint density at radius 1 is 1.44 bits per heavy atom. The summed E-state index contributed by atoms with van der Waals surface area (Å²) in [4.78, 5) is 11.4. The molecule has 0 bridgehead atoms. The van der Waals surface area contributed by atoms with Gasteiger partial charge in [0.15, 0.2) is 5.58 Å². The van der Waals surface area contributed by atoms with E-state index in [9.17, 15) is 4.79 Å². The largest absolute Gasteiger partial charge is 0.419 e. The Labute approximate surface area is 99.5 Å². The zero-order valence-corrected chi connectivity index (χ0v) is 10.5. The Bertz CT molecular complexity index is 580. The minimum Gasteiger partial charge on any atom is -0.408 e. The molecule has 3 nitrogen and oxygen atoms in total. The number of aryl methyl sites for hydroxylation is 1. The van der Waals surface area contributed by atoms with Crippen LogP contribution in [-0.2, 0) is 12.5 Å². The summed E-state index contributed by atoms with van der Waals surface area (Å²) in [5, 5.41) is 0. The van der Waals surface area contributed by atoms with Crippen LogP contribution in [0.2, 0.25) is 0 Å². The summed E-state index contributed by atoms with van der Waals surface area (Å²) in [5.74, 6) is 0.431. The minimum atomic E-state index is -0.323. The fraction of sp³-hybridized carbons (Fsp3) is 0.417. The van der Waals surface area contributed by atoms with Crippen molar-refractivity contribution in [2.75, 3.05) is 5.75 Å². The minimum absolute atomic E-state index is 0.00931. The van der Waals surface area contributed by atoms with Crippen LogP contribution < -0.4 is 5.76 Å². The van der Waals surface area contributed by atoms with Gasteiger partial charge in [0, 0.05) is 7.05 Å². The lowest BCUT2D eigenvalue weighted by molar-refractivity contribution is 0.528. The molecule has 1 heterocycles. The fourth-order valence-corrected chi connectivity index (χ4v) is 1.82. The number of benzene rings is 1. The number of aromatic nitrogens is 1. The maximum atomic E-state index is 11.4. The van der Waals surface area contributed by atoms with E-state index in [1.165, 1.54) is 4.57 Å². The molecule has 1 aromatic heterocycles. The third kappa shape index (κ3) is 1.67. The molecule has 0 spiro atoms. The third-order valence-corrected chi connectivity index (χ3v) is 3.76. The third-order valence-electron chi connectivity index (χ3n) is 2.97. The number of oxazole rings is 1. The van der Waals surface area contributed by atoms with Crippen LogP contribution in [0.5, 0.6) is 0 Å². The van der Waals surface area contributed by atoms with Gasteiger partial charge < -0.3 is 4.42 Å². The zero-order chi connectivity index (χ0) is 11.9. The van der Waals surface area contributed by atoms with Crippen molar-refractivity contribution in [3.8, 4) is 0 Å². The smallest absolute Gasteiger partial charge is 0.408 e. The van der Waals surface area contributed by atoms with Gasteiger partial charge >= 0.3 is 5.76 Å². The molecule has 0 saturated heterocycles. The Hall–Kier alpha value is -1.16. The first-order valence-corrected chi connectivity index (χ1v) is 5.80. The van der Waals surface area contributed by atoms with Gasteiger partial charge in [-0.15, -0.1) is 0 Å². The molecule has 0 saturated carbocycles. The molecule has 0 amide bonds. The molecule has 4 heteroatoms. The van der Waals surface area contributed by atoms with Crippen LogP contribution in [0.15, 0.2) is 27.4 Å². The highest BCUT2D eigenvalue weighted by Crippen LogP contribution is 2.27. The monoisotopic (exact) mass is 237 g/mol. The van der Waals surface area contributed by atoms with Crippen molar-refractivity contribution < 1.29 is 4.42 Å². The second-order valence-corrected chi connectivity index (χ2v) is 4.97. The molecule has 86 valence electrons. The quantitative estimate of drug-likeness (QED) is 0.814. The van der Waals surface area contributed by atoms with E-state index in [0.29, 0.717) is 5.58 Å². The van der Waals surface area contributed by atoms with Gasteiger partial charge in [0.05, 0.1) is 5.52 Å². The molecule has 0 aliphatic heterocycles. The van der Waals surface area contributed by atoms with Crippen LogP contribution in [-0.4, -0.2) is 10.3 Å². The molecule has 1 aromatic carbocycles. The van der Waals surface area contributed by atoms with Gasteiger partial charge in [0.2, 0.25) is 0 Å². The lowest BCUT2D eigenvalue weighted by Gasteiger charge is -2.22. The van der Waals surface area contributed by atoms with Gasteiger partial charge in [-0.05, 0) is 28.9 Å². The van der Waals surface area contributed by atoms with Crippen molar-refractivity contribution in [1.82, 2.24) is 4.57 Å². The maximum absolute atomic E-state index is 11.4. The average molecular weight is 237 g/mol. The normalized spacial score (nSPS) is 12.2. The van der Waals surface area contributed by atoms with Crippen LogP contribution in [0, 0.1) is 0 Å². The van der Waals surface area contributed by atoms with Gasteiger partial charge in [-0.1, -0.05) is 19.9 Å². The molecule has 0 N–H and O–H groups in total. The molecular formula is C12H15NO2S. The molecule has 0 aliphatic carbocycles. The average Bonchev–Trinajstić information content (AvgIpc) is 2.55. The van der Waals surface area contributed by atoms with Gasteiger partial charge in [-0.3, -0.25) is 4.57 Å². The molecule has 0 fully saturated rings. The number of hydrogen-bond donors (Lipinski definition) is 1. The Kier molecular flexibility index (Phi) is 2.62. The van der Waals surface area contributed by atoms with Gasteiger partial charge in [-0.25, -0.2) is 4.79 Å². The number of thiol groups is 1. The zero-order valence-electron chi connectivity index (χ0n) is 9.65. The summed E-state index contributed by atoms with van der Waals surface area (Å²) in [5.41, 5.74) is 2.61. The van der Waals surface area contributed by atoms with E-state index < -0.39 is 0 Å². The van der Waals surface area contributed by atoms with Crippen molar-refractivity contribution in [2.45, 2.75) is 19.3 Å². The first-order chi connectivity index (χ1) is 7.45. The van der Waals surface area contributed by atoms with E-state index in [2.05, 4.69) is 26.5 Å². The molecule has 0 unspecified atom stereocenters. The lowest BCUT2D eigenvalue weighted by atomic mass is 9.86. The maximum Gasteiger partial charge on any atom is 0.419 e. The topological polar surface area (TPSA) is 35.1 Å². The van der Waals surface area contributed by atoms with Gasteiger partial charge in [-0.2, -0.15) is 12.6 Å². The van der Waals surface area contributed by atoms with Crippen LogP contribution in [0.3, 0.4) is 0 Å². The molecule has 2 rings (SSSR count). The van der Waals surface area contributed by atoms with E-state index >= 15 is 0 Å². The van der Waals surface area contributed by atoms with Crippen LogP contribution in [0.4, 0.5) is 0 Å². The Morgan fingerprint density at radius 2 is 2.12 bits per heavy atom. The number of nitrogens with zero attached hydrogens (tertiary/aromatic N) is 1. The second kappa shape index (κ2) is 3.70. The number of fused-ring (bicyclic) bond motifs is 1. The molecule has 0 aliphatic rings. The van der Waals surface area contributed by atoms with Gasteiger partial charge in [0.25, 0.3) is 0 Å². The predicted octanol–water partition coefficient (Wildman–Crippen LogP) is 2.34. The molecule has 16 heavy (non-hydrogen) atoms. The Balaban J connectivity index is 2.68. The molecule has 2 aromatic rings. The first kappa shape index (κ1) is 11.3. The van der Waals surface area contributed by atoms with Crippen molar-refractivity contribution in [3.05, 3.63) is 34.3 Å². The summed E-state index contributed by atoms with van der Waals surface area (Å²) in [6.45, 7) is 4.25. The van der Waals surface area contributed by atoms with E-state index in [4.69, 9.17) is 4.42 Å². The Morgan fingerprint density at radius 3 is 2.75 bits per heavy atom. The molecular weight excluding hydrogens is 222 g/mol. The van der Waals surface area contributed by atoms with E-state index in [1.54, 1.807) is 7.05 Å². The highest BCUT2D eigenvalue weighted by molar-refractivity contribution is 7.80. The van der Waals surface area contributed by atoms with Crippen LogP contribution in [0.25, 0.3) is 11.1 Å². The van der Waals surface area contributed by atoms with Crippen molar-refractivity contribution in [3.63, 3.8) is 0 Å². The lowest BCUT2D eigenvalue weighted by Crippen LogP contribution is -2.19. The van der Waals surface area contributed by atoms with E-state index in [-0.39, 0.29) is 11.2 Å². The van der Waals surface area contributed by atoms with E-state index in [0.717, 1.165) is 16.8 Å². The van der Waals surface area contributed by atoms with Crippen LogP contribution in [0.1, 0.15) is 19.4 Å². The molecule has 0 radical (unpaired) electrons. The molecule has 0 atom stereocenters. The summed E-state index contributed by atoms with van der Waals surface area (Å²) >= 11 is 4.35. The number of rotatable bonds is 2. The standard InChI is InChI=1S/C12H15NO2S/c1-12(2,7-16)8-4-5-10-9(6-8)13(3)11(14)15-10/h4-6,16H,7H2,1-3H3. The summed E-state index contributed by atoms with van der Waals surface area (Å²) in [7, 11) is 1.71. The highest BCUT2D eigenvalue weighted by Gasteiger charge is 2.20. The first-order valence-electron chi connectivity index (χ1n) is 5.16. The van der Waals surface area contributed by atoms with Crippen molar-refractivity contribution >= 4 is 23.7 Å². The highest BCUT2D eigenvalue weighted by atomic mass is 32.1. The van der Waals surface area contributed by atoms with E-state index in [1.807, 2.05) is 18.2 Å².